The van der Waals surface area contributed by atoms with Gasteiger partial charge in [0.15, 0.2) is 0 Å². The minimum absolute atomic E-state index is 0.00506. The van der Waals surface area contributed by atoms with Gasteiger partial charge in [0, 0.05) is 23.9 Å². The third-order valence-corrected chi connectivity index (χ3v) is 6.73. The molecule has 2 unspecified atom stereocenters. The van der Waals surface area contributed by atoms with E-state index in [9.17, 15) is 14.4 Å². The van der Waals surface area contributed by atoms with Crippen LogP contribution in [-0.2, 0) is 14.3 Å². The standard InChI is InChI=1S/C26H30N2O5/c1-2-17(14-24(29)30)27-25(31)16-11-12-18(13-16)28-26(32)33-15-23-21-9-5-3-7-19(21)20-8-4-6-10-22(20)23/h3-10,16-18,23H,2,11-15H2,1H3,(H,27,31)(H,28,32)(H,29,30)/t16?,17-,18?/m1/s1. The Labute approximate surface area is 193 Å². The number of carboxylic acid groups (broad SMARTS) is 1. The van der Waals surface area contributed by atoms with Gasteiger partial charge in [-0.05, 0) is 47.9 Å². The van der Waals surface area contributed by atoms with Crippen LogP contribution in [0.25, 0.3) is 11.1 Å². The predicted molar refractivity (Wildman–Crippen MR) is 124 cm³/mol. The van der Waals surface area contributed by atoms with Crippen LogP contribution in [0.4, 0.5) is 4.79 Å². The van der Waals surface area contributed by atoms with Crippen molar-refractivity contribution in [2.45, 2.75) is 57.0 Å². The van der Waals surface area contributed by atoms with E-state index in [4.69, 9.17) is 9.84 Å². The Morgan fingerprint density at radius 1 is 1.03 bits per heavy atom. The smallest absolute Gasteiger partial charge is 0.407 e. The van der Waals surface area contributed by atoms with Crippen LogP contribution in [0.2, 0.25) is 0 Å². The summed E-state index contributed by atoms with van der Waals surface area (Å²) in [5.41, 5.74) is 4.69. The van der Waals surface area contributed by atoms with Crippen LogP contribution in [0, 0.1) is 5.92 Å². The Bertz CT molecular complexity index is 991. The number of carbonyl (C=O) groups is 3. The number of ether oxygens (including phenoxy) is 1. The first-order valence-electron chi connectivity index (χ1n) is 11.6. The van der Waals surface area contributed by atoms with Crippen molar-refractivity contribution in [1.82, 2.24) is 10.6 Å². The number of fused-ring (bicyclic) bond motifs is 3. The topological polar surface area (TPSA) is 105 Å². The fourth-order valence-corrected chi connectivity index (χ4v) is 4.98. The largest absolute Gasteiger partial charge is 0.481 e. The maximum Gasteiger partial charge on any atom is 0.407 e. The van der Waals surface area contributed by atoms with E-state index in [1.54, 1.807) is 0 Å². The van der Waals surface area contributed by atoms with Gasteiger partial charge >= 0.3 is 12.1 Å². The van der Waals surface area contributed by atoms with E-state index in [1.807, 2.05) is 31.2 Å². The number of alkyl carbamates (subject to hydrolysis) is 1. The Balaban J connectivity index is 1.28. The van der Waals surface area contributed by atoms with E-state index >= 15 is 0 Å². The number of benzene rings is 2. The summed E-state index contributed by atoms with van der Waals surface area (Å²) in [6, 6.07) is 15.9. The molecule has 0 aromatic heterocycles. The van der Waals surface area contributed by atoms with Crippen molar-refractivity contribution in [2.24, 2.45) is 5.92 Å². The summed E-state index contributed by atoms with van der Waals surface area (Å²) in [4.78, 5) is 35.9. The van der Waals surface area contributed by atoms with Gasteiger partial charge in [0.05, 0.1) is 6.42 Å². The Morgan fingerprint density at radius 2 is 1.67 bits per heavy atom. The van der Waals surface area contributed by atoms with Crippen molar-refractivity contribution in [3.05, 3.63) is 59.7 Å². The number of hydrogen-bond acceptors (Lipinski definition) is 4. The summed E-state index contributed by atoms with van der Waals surface area (Å²) in [6.45, 7) is 2.11. The maximum atomic E-state index is 12.5. The molecule has 2 aromatic carbocycles. The van der Waals surface area contributed by atoms with Crippen molar-refractivity contribution in [1.29, 1.82) is 0 Å². The van der Waals surface area contributed by atoms with Gasteiger partial charge < -0.3 is 20.5 Å². The first kappa shape index (κ1) is 22.8. The molecule has 33 heavy (non-hydrogen) atoms. The fourth-order valence-electron chi connectivity index (χ4n) is 4.98. The van der Waals surface area contributed by atoms with Crippen LogP contribution in [0.15, 0.2) is 48.5 Å². The zero-order valence-corrected chi connectivity index (χ0v) is 18.8. The first-order chi connectivity index (χ1) is 16.0. The van der Waals surface area contributed by atoms with Gasteiger partial charge in [-0.3, -0.25) is 9.59 Å². The molecule has 2 amide bonds. The van der Waals surface area contributed by atoms with Gasteiger partial charge in [0.2, 0.25) is 5.91 Å². The summed E-state index contributed by atoms with van der Waals surface area (Å²) >= 11 is 0. The van der Waals surface area contributed by atoms with Crippen LogP contribution < -0.4 is 10.6 Å². The molecular weight excluding hydrogens is 420 g/mol. The van der Waals surface area contributed by atoms with Gasteiger partial charge in [0.25, 0.3) is 0 Å². The summed E-state index contributed by atoms with van der Waals surface area (Å²) in [5, 5.41) is 14.7. The van der Waals surface area contributed by atoms with Crippen molar-refractivity contribution in [3.8, 4) is 11.1 Å². The molecule has 4 rings (SSSR count). The quantitative estimate of drug-likeness (QED) is 0.563. The van der Waals surface area contributed by atoms with Crippen LogP contribution in [0.5, 0.6) is 0 Å². The lowest BCUT2D eigenvalue weighted by atomic mass is 9.98. The lowest BCUT2D eigenvalue weighted by molar-refractivity contribution is -0.137. The molecule has 1 saturated carbocycles. The van der Waals surface area contributed by atoms with Crippen LogP contribution in [0.1, 0.15) is 56.1 Å². The second-order valence-corrected chi connectivity index (χ2v) is 8.89. The van der Waals surface area contributed by atoms with Crippen molar-refractivity contribution in [3.63, 3.8) is 0 Å². The van der Waals surface area contributed by atoms with Crippen LogP contribution in [-0.4, -0.2) is 41.8 Å². The highest BCUT2D eigenvalue weighted by atomic mass is 16.5. The molecule has 2 aliphatic rings. The summed E-state index contributed by atoms with van der Waals surface area (Å²) in [7, 11) is 0. The highest BCUT2D eigenvalue weighted by Gasteiger charge is 2.33. The monoisotopic (exact) mass is 450 g/mol. The number of carbonyl (C=O) groups excluding carboxylic acids is 2. The molecule has 0 spiro atoms. The third-order valence-electron chi connectivity index (χ3n) is 6.73. The van der Waals surface area contributed by atoms with E-state index in [0.29, 0.717) is 25.7 Å². The van der Waals surface area contributed by atoms with Crippen molar-refractivity contribution < 1.29 is 24.2 Å². The molecule has 7 heteroatoms. The molecule has 0 heterocycles. The molecule has 0 aliphatic heterocycles. The number of aliphatic carboxylic acids is 1. The predicted octanol–water partition coefficient (Wildman–Crippen LogP) is 4.06. The zero-order valence-electron chi connectivity index (χ0n) is 18.8. The van der Waals surface area contributed by atoms with Gasteiger partial charge in [0.1, 0.15) is 6.61 Å². The average Bonchev–Trinajstić information content (AvgIpc) is 3.39. The number of rotatable bonds is 8. The molecule has 2 aliphatic carbocycles. The summed E-state index contributed by atoms with van der Waals surface area (Å²) in [6.07, 6.45) is 1.88. The van der Waals surface area contributed by atoms with Gasteiger partial charge in [-0.2, -0.15) is 0 Å². The van der Waals surface area contributed by atoms with Crippen molar-refractivity contribution in [2.75, 3.05) is 6.61 Å². The first-order valence-corrected chi connectivity index (χ1v) is 11.6. The average molecular weight is 451 g/mol. The van der Waals surface area contributed by atoms with E-state index in [-0.39, 0.29) is 42.9 Å². The molecule has 0 saturated heterocycles. The lowest BCUT2D eigenvalue weighted by Crippen LogP contribution is -2.40. The normalized spacial score (nSPS) is 19.9. The Morgan fingerprint density at radius 3 is 2.27 bits per heavy atom. The van der Waals surface area contributed by atoms with Gasteiger partial charge in [-0.25, -0.2) is 4.79 Å². The van der Waals surface area contributed by atoms with E-state index in [2.05, 4.69) is 34.9 Å². The minimum atomic E-state index is -0.927. The lowest BCUT2D eigenvalue weighted by Gasteiger charge is -2.19. The molecule has 0 bridgehead atoms. The highest BCUT2D eigenvalue weighted by molar-refractivity contribution is 5.81. The third kappa shape index (κ3) is 5.18. The fraction of sp³-hybridized carbons (Fsp3) is 0.423. The number of hydrogen-bond donors (Lipinski definition) is 3. The van der Waals surface area contributed by atoms with Crippen LogP contribution >= 0.6 is 0 Å². The summed E-state index contributed by atoms with van der Waals surface area (Å²) in [5.74, 6) is -1.29. The second kappa shape index (κ2) is 10.1. The Hall–Kier alpha value is -3.35. The molecule has 3 atom stereocenters. The maximum absolute atomic E-state index is 12.5. The van der Waals surface area contributed by atoms with Crippen LogP contribution in [0.3, 0.4) is 0 Å². The minimum Gasteiger partial charge on any atom is -0.481 e. The Kier molecular flexibility index (Phi) is 6.96. The molecule has 2 aromatic rings. The second-order valence-electron chi connectivity index (χ2n) is 8.89. The summed E-state index contributed by atoms with van der Waals surface area (Å²) < 4.78 is 5.61. The van der Waals surface area contributed by atoms with Gasteiger partial charge in [-0.1, -0.05) is 55.5 Å². The van der Waals surface area contributed by atoms with E-state index in [1.165, 1.54) is 11.1 Å². The molecular formula is C26H30N2O5. The highest BCUT2D eigenvalue weighted by Crippen LogP contribution is 2.44. The zero-order chi connectivity index (χ0) is 23.4. The number of amides is 2. The van der Waals surface area contributed by atoms with E-state index in [0.717, 1.165) is 11.1 Å². The molecule has 3 N–H and O–H groups in total. The number of carboxylic acids is 1. The molecule has 174 valence electrons. The molecule has 7 nitrogen and oxygen atoms in total. The van der Waals surface area contributed by atoms with Crippen molar-refractivity contribution >= 4 is 18.0 Å². The number of nitrogens with one attached hydrogen (secondary N) is 2. The van der Waals surface area contributed by atoms with E-state index < -0.39 is 12.1 Å². The SMILES string of the molecule is CC[C@H](CC(=O)O)NC(=O)C1CCC(NC(=O)OCC2c3ccccc3-c3ccccc32)C1. The molecule has 0 radical (unpaired) electrons. The van der Waals surface area contributed by atoms with Gasteiger partial charge in [-0.15, -0.1) is 0 Å². The molecule has 1 fully saturated rings.